The maximum atomic E-state index is 12.4. The third kappa shape index (κ3) is 3.31. The second-order valence-electron chi connectivity index (χ2n) is 5.97. The van der Waals surface area contributed by atoms with Crippen LogP contribution in [-0.2, 0) is 9.53 Å². The van der Waals surface area contributed by atoms with E-state index in [9.17, 15) is 4.79 Å². The summed E-state index contributed by atoms with van der Waals surface area (Å²) in [4.78, 5) is 22.1. The number of ether oxygens (including phenoxy) is 1. The molecular weight excluding hydrogens is 304 g/mol. The molecule has 0 amide bonds. The maximum Gasteiger partial charge on any atom is 0.327 e. The van der Waals surface area contributed by atoms with Gasteiger partial charge in [0.25, 0.3) is 0 Å². The molecule has 1 aromatic carbocycles. The van der Waals surface area contributed by atoms with E-state index in [4.69, 9.17) is 10.00 Å². The minimum Gasteiger partial charge on any atom is -0.468 e. The van der Waals surface area contributed by atoms with Gasteiger partial charge in [-0.15, -0.1) is 0 Å². The summed E-state index contributed by atoms with van der Waals surface area (Å²) in [5, 5.41) is 9.12. The van der Waals surface area contributed by atoms with Gasteiger partial charge in [-0.1, -0.05) is 12.1 Å². The number of esters is 1. The van der Waals surface area contributed by atoms with Gasteiger partial charge in [0.05, 0.1) is 18.7 Å². The van der Waals surface area contributed by atoms with Crippen molar-refractivity contribution in [2.45, 2.75) is 24.8 Å². The zero-order valence-electron chi connectivity index (χ0n) is 13.6. The molecule has 1 aromatic heterocycles. The summed E-state index contributed by atoms with van der Waals surface area (Å²) in [6.07, 6.45) is 5.60. The highest BCUT2D eigenvalue weighted by Crippen LogP contribution is 2.31. The van der Waals surface area contributed by atoms with Crippen molar-refractivity contribution in [3.05, 3.63) is 53.6 Å². The summed E-state index contributed by atoms with van der Waals surface area (Å²) < 4.78 is 5.03. The zero-order valence-corrected chi connectivity index (χ0v) is 13.6. The van der Waals surface area contributed by atoms with Crippen molar-refractivity contribution in [1.29, 1.82) is 5.26 Å². The van der Waals surface area contributed by atoms with Crippen molar-refractivity contribution < 1.29 is 9.53 Å². The van der Waals surface area contributed by atoms with Gasteiger partial charge in [-0.3, -0.25) is 4.90 Å². The molecule has 6 heteroatoms. The number of aromatic amines is 1. The predicted octanol–water partition coefficient (Wildman–Crippen LogP) is 2.38. The molecule has 0 aliphatic carbocycles. The molecule has 124 valence electrons. The summed E-state index contributed by atoms with van der Waals surface area (Å²) in [5.41, 5.74) is 1.34. The Labute approximate surface area is 141 Å². The lowest BCUT2D eigenvalue weighted by Crippen LogP contribution is -2.41. The number of carbonyl (C=O) groups is 1. The van der Waals surface area contributed by atoms with Gasteiger partial charge in [-0.2, -0.15) is 5.26 Å². The van der Waals surface area contributed by atoms with Crippen molar-refractivity contribution in [1.82, 2.24) is 14.9 Å². The molecule has 2 aromatic rings. The molecule has 1 saturated heterocycles. The van der Waals surface area contributed by atoms with E-state index >= 15 is 0 Å². The number of carbonyl (C=O) groups excluding carboxylic acids is 1. The fourth-order valence-electron chi connectivity index (χ4n) is 3.35. The Morgan fingerprint density at radius 1 is 1.54 bits per heavy atom. The Kier molecular flexibility index (Phi) is 4.92. The highest BCUT2D eigenvalue weighted by atomic mass is 16.5. The number of hydrogen-bond acceptors (Lipinski definition) is 5. The van der Waals surface area contributed by atoms with E-state index in [1.54, 1.807) is 24.4 Å². The minimum absolute atomic E-state index is 0.264. The quantitative estimate of drug-likeness (QED) is 0.873. The molecule has 1 aliphatic rings. The molecular formula is C18H20N4O2. The standard InChI is InChI=1S/C18H20N4O2/c1-24-18(23)16(14-5-2-4-13(10-14)11-19)22-9-3-6-15(12-22)17-20-7-8-21-17/h2,4-5,7-8,10,15-16H,3,6,9,12H2,1H3,(H,20,21). The number of nitrogens with one attached hydrogen (secondary N) is 1. The maximum absolute atomic E-state index is 12.4. The second kappa shape index (κ2) is 7.28. The van der Waals surface area contributed by atoms with E-state index in [0.717, 1.165) is 37.3 Å². The fourth-order valence-corrected chi connectivity index (χ4v) is 3.35. The van der Waals surface area contributed by atoms with Gasteiger partial charge in [-0.05, 0) is 37.1 Å². The van der Waals surface area contributed by atoms with Crippen LogP contribution in [0, 0.1) is 11.3 Å². The van der Waals surface area contributed by atoms with Crippen molar-refractivity contribution in [3.63, 3.8) is 0 Å². The summed E-state index contributed by atoms with van der Waals surface area (Å²) in [7, 11) is 1.40. The lowest BCUT2D eigenvalue weighted by Gasteiger charge is -2.36. The monoisotopic (exact) mass is 324 g/mol. The van der Waals surface area contributed by atoms with E-state index in [1.807, 2.05) is 12.3 Å². The Balaban J connectivity index is 1.88. The molecule has 1 aliphatic heterocycles. The lowest BCUT2D eigenvalue weighted by atomic mass is 9.93. The van der Waals surface area contributed by atoms with E-state index in [2.05, 4.69) is 20.9 Å². The molecule has 0 bridgehead atoms. The SMILES string of the molecule is COC(=O)C(c1cccc(C#N)c1)N1CCCC(c2ncc[nH]2)C1. The van der Waals surface area contributed by atoms with Gasteiger partial charge in [0.15, 0.2) is 0 Å². The van der Waals surface area contributed by atoms with Crippen LogP contribution in [0.1, 0.15) is 41.8 Å². The third-order valence-electron chi connectivity index (χ3n) is 4.48. The molecule has 3 rings (SSSR count). The first-order valence-corrected chi connectivity index (χ1v) is 8.04. The van der Waals surface area contributed by atoms with Crippen LogP contribution in [-0.4, -0.2) is 41.0 Å². The van der Waals surface area contributed by atoms with Crippen molar-refractivity contribution in [3.8, 4) is 6.07 Å². The molecule has 0 radical (unpaired) electrons. The molecule has 0 saturated carbocycles. The predicted molar refractivity (Wildman–Crippen MR) is 88.0 cm³/mol. The number of piperidine rings is 1. The minimum atomic E-state index is -0.499. The van der Waals surface area contributed by atoms with Crippen molar-refractivity contribution in [2.75, 3.05) is 20.2 Å². The number of imidazole rings is 1. The fraction of sp³-hybridized carbons (Fsp3) is 0.389. The van der Waals surface area contributed by atoms with Crippen LogP contribution in [0.5, 0.6) is 0 Å². The second-order valence-corrected chi connectivity index (χ2v) is 5.97. The number of likely N-dealkylation sites (tertiary alicyclic amines) is 1. The molecule has 1 fully saturated rings. The number of nitrogens with zero attached hydrogens (tertiary/aromatic N) is 3. The van der Waals surface area contributed by atoms with Gasteiger partial charge in [0.1, 0.15) is 11.9 Å². The van der Waals surface area contributed by atoms with Gasteiger partial charge in [0.2, 0.25) is 0 Å². The average Bonchev–Trinajstić information content (AvgIpc) is 3.17. The molecule has 1 N–H and O–H groups in total. The summed E-state index contributed by atoms with van der Waals surface area (Å²) in [6.45, 7) is 1.54. The van der Waals surface area contributed by atoms with Crippen molar-refractivity contribution >= 4 is 5.97 Å². The number of methoxy groups -OCH3 is 1. The van der Waals surface area contributed by atoms with E-state index in [0.29, 0.717) is 5.56 Å². The average molecular weight is 324 g/mol. The largest absolute Gasteiger partial charge is 0.468 e. The summed E-state index contributed by atoms with van der Waals surface area (Å²) >= 11 is 0. The highest BCUT2D eigenvalue weighted by molar-refractivity contribution is 5.77. The summed E-state index contributed by atoms with van der Waals surface area (Å²) in [5.74, 6) is 0.916. The molecule has 6 nitrogen and oxygen atoms in total. The molecule has 2 atom stereocenters. The van der Waals surface area contributed by atoms with Crippen LogP contribution in [0.2, 0.25) is 0 Å². The van der Waals surface area contributed by atoms with Crippen LogP contribution in [0.15, 0.2) is 36.7 Å². The van der Waals surface area contributed by atoms with E-state index < -0.39 is 6.04 Å². The first-order chi connectivity index (χ1) is 11.7. The Morgan fingerprint density at radius 2 is 2.42 bits per heavy atom. The molecule has 2 heterocycles. The van der Waals surface area contributed by atoms with E-state index in [-0.39, 0.29) is 11.9 Å². The Hall–Kier alpha value is -2.65. The van der Waals surface area contributed by atoms with Crippen LogP contribution in [0.25, 0.3) is 0 Å². The summed E-state index contributed by atoms with van der Waals surface area (Å²) in [6, 6.07) is 8.80. The van der Waals surface area contributed by atoms with Gasteiger partial charge < -0.3 is 9.72 Å². The van der Waals surface area contributed by atoms with Gasteiger partial charge >= 0.3 is 5.97 Å². The van der Waals surface area contributed by atoms with Gasteiger partial charge in [0, 0.05) is 24.9 Å². The lowest BCUT2D eigenvalue weighted by molar-refractivity contribution is -0.148. The van der Waals surface area contributed by atoms with Crippen molar-refractivity contribution in [2.24, 2.45) is 0 Å². The van der Waals surface area contributed by atoms with E-state index in [1.165, 1.54) is 7.11 Å². The zero-order chi connectivity index (χ0) is 16.9. The van der Waals surface area contributed by atoms with Crippen LogP contribution in [0.4, 0.5) is 0 Å². The third-order valence-corrected chi connectivity index (χ3v) is 4.48. The Bertz CT molecular complexity index is 736. The van der Waals surface area contributed by atoms with Gasteiger partial charge in [-0.25, -0.2) is 9.78 Å². The first kappa shape index (κ1) is 16.2. The normalized spacial score (nSPS) is 19.4. The number of rotatable bonds is 4. The van der Waals surface area contributed by atoms with Crippen LogP contribution < -0.4 is 0 Å². The molecule has 24 heavy (non-hydrogen) atoms. The number of aromatic nitrogens is 2. The van der Waals surface area contributed by atoms with Crippen LogP contribution in [0.3, 0.4) is 0 Å². The topological polar surface area (TPSA) is 82.0 Å². The number of H-pyrrole nitrogens is 1. The molecule has 2 unspecified atom stereocenters. The number of hydrogen-bond donors (Lipinski definition) is 1. The highest BCUT2D eigenvalue weighted by Gasteiger charge is 2.33. The van der Waals surface area contributed by atoms with Crippen LogP contribution >= 0.6 is 0 Å². The number of benzene rings is 1. The smallest absolute Gasteiger partial charge is 0.327 e. The Morgan fingerprint density at radius 3 is 3.12 bits per heavy atom. The molecule has 0 spiro atoms. The number of nitriles is 1. The first-order valence-electron chi connectivity index (χ1n) is 8.04.